The number of rotatable bonds is 10. The fourth-order valence-electron chi connectivity index (χ4n) is 14.1. The van der Waals surface area contributed by atoms with Crippen molar-refractivity contribution in [2.24, 2.45) is 62.1 Å². The number of carboxylic acids is 1. The Morgan fingerprint density at radius 1 is 0.904 bits per heavy atom. The minimum atomic E-state index is -0.894. The van der Waals surface area contributed by atoms with Crippen molar-refractivity contribution in [2.75, 3.05) is 0 Å². The van der Waals surface area contributed by atoms with E-state index in [9.17, 15) is 23.9 Å². The van der Waals surface area contributed by atoms with Crippen LogP contribution in [0.1, 0.15) is 144 Å². The third kappa shape index (κ3) is 6.46. The number of hydrogen-bond donors (Lipinski definition) is 2. The molecule has 288 valence electrons. The first-order valence-corrected chi connectivity index (χ1v) is 20.3. The number of fused-ring (bicyclic) bond motifs is 7. The van der Waals surface area contributed by atoms with Crippen molar-refractivity contribution < 1.29 is 28.6 Å². The lowest BCUT2D eigenvalue weighted by atomic mass is 9.32. The van der Waals surface area contributed by atoms with Crippen LogP contribution < -0.4 is 5.32 Å². The second-order valence-corrected chi connectivity index (χ2v) is 20.3. The molecule has 5 aliphatic rings. The van der Waals surface area contributed by atoms with Crippen LogP contribution in [-0.2, 0) is 25.7 Å². The van der Waals surface area contributed by atoms with Gasteiger partial charge in [0.15, 0.2) is 0 Å². The number of carbonyl (C=O) groups is 3. The van der Waals surface area contributed by atoms with Crippen LogP contribution in [0.2, 0.25) is 0 Å². The van der Waals surface area contributed by atoms with Crippen LogP contribution in [0.4, 0.5) is 4.39 Å². The standard InChI is InChI=1S/C45H66FNO5/c1-28(2)30-16-21-45(24-36(48)47-27-29-12-10-11-13-32(29)46)23-22-43(8)31(39(30)45)14-15-34-42(7)19-18-35(41(5,6)33(42)17-20-44(34,43)9)52-38(51)26-40(3,4)25-37(49)50/h10-13,30-31,33-35,39H,1,14-27H2,2-9H3,(H,47,48)(H,49,50)/t30-,31+,33-,34+,35-,39+,42-,43+,44+,45+/m0/s1. The molecule has 5 aliphatic carbocycles. The van der Waals surface area contributed by atoms with Crippen molar-refractivity contribution in [3.63, 3.8) is 0 Å². The minimum Gasteiger partial charge on any atom is -0.481 e. The molecule has 6 rings (SSSR count). The lowest BCUT2D eigenvalue weighted by Gasteiger charge is -2.73. The molecule has 5 saturated carbocycles. The molecule has 0 saturated heterocycles. The average molecular weight is 720 g/mol. The van der Waals surface area contributed by atoms with Gasteiger partial charge in [-0.15, -0.1) is 0 Å². The van der Waals surface area contributed by atoms with Crippen LogP contribution >= 0.6 is 0 Å². The maximum atomic E-state index is 14.4. The number of ether oxygens (including phenoxy) is 1. The van der Waals surface area contributed by atoms with Gasteiger partial charge in [0.25, 0.3) is 0 Å². The molecule has 0 spiro atoms. The van der Waals surface area contributed by atoms with Gasteiger partial charge in [0.05, 0.1) is 12.8 Å². The molecular formula is C45H66FNO5. The summed E-state index contributed by atoms with van der Waals surface area (Å²) in [5, 5.41) is 12.4. The molecule has 5 fully saturated rings. The molecule has 7 heteroatoms. The van der Waals surface area contributed by atoms with Crippen molar-refractivity contribution in [1.29, 1.82) is 0 Å². The van der Waals surface area contributed by atoms with Gasteiger partial charge < -0.3 is 15.2 Å². The number of nitrogens with one attached hydrogen (secondary N) is 1. The van der Waals surface area contributed by atoms with E-state index in [4.69, 9.17) is 4.74 Å². The molecule has 0 heterocycles. The first kappa shape index (κ1) is 39.0. The highest BCUT2D eigenvalue weighted by atomic mass is 19.1. The molecule has 1 aromatic carbocycles. The number of allylic oxidation sites excluding steroid dienone is 1. The van der Waals surface area contributed by atoms with E-state index in [1.54, 1.807) is 12.1 Å². The third-order valence-corrected chi connectivity index (χ3v) is 16.7. The molecule has 0 aliphatic heterocycles. The largest absolute Gasteiger partial charge is 0.481 e. The Bertz CT molecular complexity index is 1580. The lowest BCUT2D eigenvalue weighted by Crippen LogP contribution is -2.67. The Labute approximate surface area is 312 Å². The van der Waals surface area contributed by atoms with Crippen LogP contribution in [0, 0.1) is 67.9 Å². The second kappa shape index (κ2) is 13.6. The first-order chi connectivity index (χ1) is 24.2. The van der Waals surface area contributed by atoms with Crippen LogP contribution in [-0.4, -0.2) is 29.1 Å². The molecule has 1 amide bonds. The van der Waals surface area contributed by atoms with E-state index in [0.717, 1.165) is 51.4 Å². The summed E-state index contributed by atoms with van der Waals surface area (Å²) in [5.41, 5.74) is 1.31. The number of esters is 1. The number of hydrogen-bond acceptors (Lipinski definition) is 4. The maximum Gasteiger partial charge on any atom is 0.306 e. The Balaban J connectivity index is 1.21. The quantitative estimate of drug-likeness (QED) is 0.186. The molecule has 10 atom stereocenters. The highest BCUT2D eigenvalue weighted by Gasteiger charge is 2.71. The van der Waals surface area contributed by atoms with Gasteiger partial charge in [-0.2, -0.15) is 0 Å². The highest BCUT2D eigenvalue weighted by molar-refractivity contribution is 5.77. The van der Waals surface area contributed by atoms with Gasteiger partial charge in [-0.05, 0) is 134 Å². The average Bonchev–Trinajstić information content (AvgIpc) is 3.41. The van der Waals surface area contributed by atoms with Gasteiger partial charge >= 0.3 is 11.9 Å². The second-order valence-electron chi connectivity index (χ2n) is 20.3. The van der Waals surface area contributed by atoms with Crippen molar-refractivity contribution in [3.05, 3.63) is 47.8 Å². The van der Waals surface area contributed by atoms with E-state index >= 15 is 0 Å². The minimum absolute atomic E-state index is 0.0391. The van der Waals surface area contributed by atoms with Crippen molar-refractivity contribution in [1.82, 2.24) is 5.32 Å². The number of aliphatic carboxylic acids is 1. The van der Waals surface area contributed by atoms with Crippen LogP contribution in [0.5, 0.6) is 0 Å². The first-order valence-electron chi connectivity index (χ1n) is 20.3. The van der Waals surface area contributed by atoms with Crippen LogP contribution in [0.25, 0.3) is 0 Å². The van der Waals surface area contributed by atoms with E-state index < -0.39 is 11.4 Å². The predicted octanol–water partition coefficient (Wildman–Crippen LogP) is 10.3. The Morgan fingerprint density at radius 2 is 1.62 bits per heavy atom. The summed E-state index contributed by atoms with van der Waals surface area (Å²) in [6.07, 6.45) is 11.2. The maximum absolute atomic E-state index is 14.4. The SMILES string of the molecule is C=C(C)[C@@H]1CC[C@]2(CC(=O)NCc3ccccc3F)CC[C@]3(C)[C@H](CC[C@@H]4[C@@]5(C)CC[C@H](OC(=O)CC(C)(C)CC(=O)O)C(C)(C)[C@@H]5CC[C@]43C)[C@@H]12. The van der Waals surface area contributed by atoms with Crippen molar-refractivity contribution in [2.45, 2.75) is 152 Å². The van der Waals surface area contributed by atoms with E-state index in [2.05, 4.69) is 53.4 Å². The van der Waals surface area contributed by atoms with Gasteiger partial charge in [-0.25, -0.2) is 4.39 Å². The summed E-state index contributed by atoms with van der Waals surface area (Å²) >= 11 is 0. The highest BCUT2D eigenvalue weighted by Crippen LogP contribution is 2.78. The lowest BCUT2D eigenvalue weighted by molar-refractivity contribution is -0.250. The Hall–Kier alpha value is -2.70. The predicted molar refractivity (Wildman–Crippen MR) is 202 cm³/mol. The summed E-state index contributed by atoms with van der Waals surface area (Å²) in [6.45, 7) is 23.0. The molecule has 0 unspecified atom stereocenters. The molecule has 0 aromatic heterocycles. The number of benzene rings is 1. The number of amides is 1. The summed E-state index contributed by atoms with van der Waals surface area (Å²) in [4.78, 5) is 38.3. The summed E-state index contributed by atoms with van der Waals surface area (Å²) < 4.78 is 20.7. The molecule has 0 bridgehead atoms. The van der Waals surface area contributed by atoms with Crippen LogP contribution in [0.15, 0.2) is 36.4 Å². The molecule has 52 heavy (non-hydrogen) atoms. The van der Waals surface area contributed by atoms with Gasteiger partial charge in [-0.1, -0.05) is 78.8 Å². The van der Waals surface area contributed by atoms with E-state index in [-0.39, 0.29) is 70.3 Å². The van der Waals surface area contributed by atoms with E-state index in [0.29, 0.717) is 41.6 Å². The zero-order valence-corrected chi connectivity index (χ0v) is 33.3. The molecule has 2 N–H and O–H groups in total. The summed E-state index contributed by atoms with van der Waals surface area (Å²) in [5.74, 6) is 0.926. The Kier molecular flexibility index (Phi) is 10.2. The number of halogens is 1. The van der Waals surface area contributed by atoms with Gasteiger partial charge in [0.1, 0.15) is 11.9 Å². The van der Waals surface area contributed by atoms with Crippen molar-refractivity contribution in [3.8, 4) is 0 Å². The smallest absolute Gasteiger partial charge is 0.306 e. The summed E-state index contributed by atoms with van der Waals surface area (Å²) in [7, 11) is 0. The fourth-order valence-corrected chi connectivity index (χ4v) is 14.1. The zero-order valence-electron chi connectivity index (χ0n) is 33.3. The third-order valence-electron chi connectivity index (χ3n) is 16.7. The van der Waals surface area contributed by atoms with Crippen LogP contribution in [0.3, 0.4) is 0 Å². The molecule has 6 nitrogen and oxygen atoms in total. The summed E-state index contributed by atoms with van der Waals surface area (Å²) in [6, 6.07) is 6.69. The topological polar surface area (TPSA) is 92.7 Å². The van der Waals surface area contributed by atoms with Gasteiger partial charge in [0.2, 0.25) is 5.91 Å². The van der Waals surface area contributed by atoms with E-state index in [1.165, 1.54) is 24.5 Å². The molecular weight excluding hydrogens is 653 g/mol. The molecule has 1 aromatic rings. The van der Waals surface area contributed by atoms with Gasteiger partial charge in [-0.3, -0.25) is 14.4 Å². The van der Waals surface area contributed by atoms with Gasteiger partial charge in [0, 0.05) is 23.9 Å². The van der Waals surface area contributed by atoms with E-state index in [1.807, 2.05) is 19.9 Å². The number of carboxylic acid groups (broad SMARTS) is 1. The van der Waals surface area contributed by atoms with Crippen molar-refractivity contribution >= 4 is 17.8 Å². The normalized spacial score (nSPS) is 39.2. The fraction of sp³-hybridized carbons (Fsp3) is 0.756. The molecule has 0 radical (unpaired) electrons. The Morgan fingerprint density at radius 3 is 2.29 bits per heavy atom. The monoisotopic (exact) mass is 719 g/mol. The number of carbonyl (C=O) groups excluding carboxylic acids is 2. The zero-order chi connectivity index (χ0) is 38.1.